The lowest BCUT2D eigenvalue weighted by atomic mass is 10.1. The standard InChI is InChI=1S/C20H17F2N5O3/c1-9-7-26(8-14(9)23)18-13(22)6-12-16(28)15-19(29)25-30-20(15)27(17(12)24-18)11-4-2-10(21)3-5-11/h2-6,9,14H,7-8,23H2,1H3,(H,25,29). The van der Waals surface area contributed by atoms with Crippen molar-refractivity contribution in [2.75, 3.05) is 18.0 Å². The van der Waals surface area contributed by atoms with Gasteiger partial charge in [0.2, 0.25) is 11.1 Å². The maximum absolute atomic E-state index is 15.0. The number of rotatable bonds is 2. The zero-order chi connectivity index (χ0) is 21.2. The number of hydrogen-bond acceptors (Lipinski definition) is 6. The van der Waals surface area contributed by atoms with Crippen LogP contribution in [-0.2, 0) is 0 Å². The molecule has 1 aromatic carbocycles. The first-order valence-corrected chi connectivity index (χ1v) is 9.38. The molecule has 0 spiro atoms. The fraction of sp³-hybridized carbons (Fsp3) is 0.250. The lowest BCUT2D eigenvalue weighted by Gasteiger charge is -2.19. The van der Waals surface area contributed by atoms with Gasteiger partial charge >= 0.3 is 0 Å². The van der Waals surface area contributed by atoms with Crippen LogP contribution in [0.3, 0.4) is 0 Å². The van der Waals surface area contributed by atoms with Crippen LogP contribution in [0, 0.1) is 17.6 Å². The van der Waals surface area contributed by atoms with Gasteiger partial charge in [0.25, 0.3) is 5.56 Å². The van der Waals surface area contributed by atoms with Crippen molar-refractivity contribution >= 4 is 28.0 Å². The van der Waals surface area contributed by atoms with E-state index in [0.29, 0.717) is 18.8 Å². The van der Waals surface area contributed by atoms with Gasteiger partial charge in [-0.25, -0.2) is 13.8 Å². The van der Waals surface area contributed by atoms with Crippen molar-refractivity contribution in [1.82, 2.24) is 14.7 Å². The number of H-pyrrole nitrogens is 1. The topological polar surface area (TPSA) is 110 Å². The normalized spacial score (nSPS) is 19.3. The molecule has 1 aliphatic heterocycles. The fourth-order valence-electron chi connectivity index (χ4n) is 3.91. The number of aromatic amines is 1. The van der Waals surface area contributed by atoms with Gasteiger partial charge in [-0.05, 0) is 36.2 Å². The number of benzene rings is 1. The SMILES string of the molecule is CC1CN(c2nc3c(cc2F)c(=O)c2c(=O)[nH]oc2n3-c2ccc(F)cc2)CC1N. The Hall–Kier alpha value is -3.53. The van der Waals surface area contributed by atoms with Gasteiger partial charge in [-0.2, -0.15) is 5.16 Å². The Bertz CT molecular complexity index is 1400. The molecule has 0 saturated carbocycles. The molecule has 154 valence electrons. The lowest BCUT2D eigenvalue weighted by molar-refractivity contribution is 0.437. The molecule has 4 aromatic rings. The maximum Gasteiger partial charge on any atom is 0.293 e. The zero-order valence-electron chi connectivity index (χ0n) is 15.9. The number of halogens is 2. The van der Waals surface area contributed by atoms with Crippen molar-refractivity contribution in [3.63, 3.8) is 0 Å². The first-order chi connectivity index (χ1) is 14.3. The molecule has 0 amide bonds. The van der Waals surface area contributed by atoms with Crippen molar-refractivity contribution in [3.05, 3.63) is 62.5 Å². The van der Waals surface area contributed by atoms with Crippen molar-refractivity contribution in [3.8, 4) is 5.69 Å². The van der Waals surface area contributed by atoms with Gasteiger partial charge in [-0.1, -0.05) is 6.92 Å². The van der Waals surface area contributed by atoms with Crippen LogP contribution in [0.5, 0.6) is 0 Å². The molecule has 1 fully saturated rings. The van der Waals surface area contributed by atoms with E-state index in [2.05, 4.69) is 10.1 Å². The molecule has 3 aromatic heterocycles. The van der Waals surface area contributed by atoms with Crippen LogP contribution in [-0.4, -0.2) is 33.8 Å². The number of pyridine rings is 2. The molecule has 5 rings (SSSR count). The van der Waals surface area contributed by atoms with E-state index in [4.69, 9.17) is 10.3 Å². The molecule has 2 atom stereocenters. The summed E-state index contributed by atoms with van der Waals surface area (Å²) in [5.74, 6) is -0.956. The summed E-state index contributed by atoms with van der Waals surface area (Å²) < 4.78 is 35.1. The Morgan fingerprint density at radius 2 is 1.93 bits per heavy atom. The molecule has 2 unspecified atom stereocenters. The smallest absolute Gasteiger partial charge is 0.293 e. The third-order valence-corrected chi connectivity index (χ3v) is 5.56. The highest BCUT2D eigenvalue weighted by Crippen LogP contribution is 2.28. The van der Waals surface area contributed by atoms with E-state index < -0.39 is 22.6 Å². The number of nitrogens with one attached hydrogen (secondary N) is 1. The molecule has 1 aliphatic rings. The van der Waals surface area contributed by atoms with Crippen LogP contribution in [0.4, 0.5) is 14.6 Å². The Morgan fingerprint density at radius 3 is 2.60 bits per heavy atom. The molecule has 30 heavy (non-hydrogen) atoms. The molecule has 10 heteroatoms. The monoisotopic (exact) mass is 413 g/mol. The van der Waals surface area contributed by atoms with E-state index in [0.717, 1.165) is 6.07 Å². The average molecular weight is 413 g/mol. The highest BCUT2D eigenvalue weighted by atomic mass is 19.1. The summed E-state index contributed by atoms with van der Waals surface area (Å²) in [5, 5.41) is 1.78. The fourth-order valence-corrected chi connectivity index (χ4v) is 3.91. The summed E-state index contributed by atoms with van der Waals surface area (Å²) >= 11 is 0. The number of anilines is 1. The first-order valence-electron chi connectivity index (χ1n) is 9.38. The predicted octanol–water partition coefficient (Wildman–Crippen LogP) is 1.88. The van der Waals surface area contributed by atoms with Crippen molar-refractivity contribution in [1.29, 1.82) is 0 Å². The van der Waals surface area contributed by atoms with Gasteiger partial charge < -0.3 is 15.2 Å². The summed E-state index contributed by atoms with van der Waals surface area (Å²) in [7, 11) is 0. The molecular weight excluding hydrogens is 396 g/mol. The van der Waals surface area contributed by atoms with E-state index in [9.17, 15) is 18.4 Å². The van der Waals surface area contributed by atoms with Crippen molar-refractivity contribution in [2.45, 2.75) is 13.0 Å². The van der Waals surface area contributed by atoms with Crippen LogP contribution in [0.15, 0.2) is 44.4 Å². The molecule has 0 radical (unpaired) electrons. The molecule has 0 bridgehead atoms. The zero-order valence-corrected chi connectivity index (χ0v) is 15.9. The Kier molecular flexibility index (Phi) is 4.00. The van der Waals surface area contributed by atoms with Gasteiger partial charge in [0.05, 0.1) is 11.1 Å². The summed E-state index contributed by atoms with van der Waals surface area (Å²) in [6.45, 7) is 2.90. The van der Waals surface area contributed by atoms with Gasteiger partial charge in [-0.15, -0.1) is 0 Å². The summed E-state index contributed by atoms with van der Waals surface area (Å²) in [5.41, 5.74) is 5.03. The quantitative estimate of drug-likeness (QED) is 0.519. The largest absolute Gasteiger partial charge is 0.359 e. The number of hydrogen-bond donors (Lipinski definition) is 2. The lowest BCUT2D eigenvalue weighted by Crippen LogP contribution is -2.29. The van der Waals surface area contributed by atoms with Gasteiger partial charge in [0.1, 0.15) is 5.82 Å². The maximum atomic E-state index is 15.0. The Labute approximate surface area is 167 Å². The highest BCUT2D eigenvalue weighted by molar-refractivity contribution is 5.91. The number of aromatic nitrogens is 3. The van der Waals surface area contributed by atoms with Crippen molar-refractivity contribution in [2.24, 2.45) is 11.7 Å². The molecule has 3 N–H and O–H groups in total. The number of fused-ring (bicyclic) bond motifs is 2. The summed E-state index contributed by atoms with van der Waals surface area (Å²) in [6.07, 6.45) is 0. The molecule has 8 nitrogen and oxygen atoms in total. The van der Waals surface area contributed by atoms with Crippen LogP contribution in [0.1, 0.15) is 6.92 Å². The summed E-state index contributed by atoms with van der Waals surface area (Å²) in [4.78, 5) is 31.2. The second-order valence-electron chi connectivity index (χ2n) is 7.57. The van der Waals surface area contributed by atoms with E-state index in [1.165, 1.54) is 28.8 Å². The Balaban J connectivity index is 1.87. The molecular formula is C20H17F2N5O3. The third-order valence-electron chi connectivity index (χ3n) is 5.56. The van der Waals surface area contributed by atoms with Crippen LogP contribution >= 0.6 is 0 Å². The van der Waals surface area contributed by atoms with Crippen LogP contribution < -0.4 is 21.6 Å². The highest BCUT2D eigenvalue weighted by Gasteiger charge is 2.30. The van der Waals surface area contributed by atoms with Gasteiger partial charge in [0, 0.05) is 19.1 Å². The van der Waals surface area contributed by atoms with E-state index in [-0.39, 0.29) is 39.9 Å². The van der Waals surface area contributed by atoms with E-state index >= 15 is 0 Å². The summed E-state index contributed by atoms with van der Waals surface area (Å²) in [6, 6.07) is 6.28. The second-order valence-corrected chi connectivity index (χ2v) is 7.57. The first kappa shape index (κ1) is 18.5. The Morgan fingerprint density at radius 1 is 1.20 bits per heavy atom. The minimum Gasteiger partial charge on any atom is -0.359 e. The van der Waals surface area contributed by atoms with Gasteiger partial charge in [-0.3, -0.25) is 14.2 Å². The van der Waals surface area contributed by atoms with E-state index in [1.54, 1.807) is 4.90 Å². The van der Waals surface area contributed by atoms with Crippen molar-refractivity contribution < 1.29 is 13.3 Å². The predicted molar refractivity (Wildman–Crippen MR) is 107 cm³/mol. The van der Waals surface area contributed by atoms with Crippen LogP contribution in [0.25, 0.3) is 27.8 Å². The van der Waals surface area contributed by atoms with E-state index in [1.807, 2.05) is 6.92 Å². The molecule has 4 heterocycles. The third kappa shape index (κ3) is 2.64. The molecule has 1 saturated heterocycles. The number of nitrogens with zero attached hydrogens (tertiary/aromatic N) is 3. The second kappa shape index (κ2) is 6.49. The van der Waals surface area contributed by atoms with Crippen LogP contribution in [0.2, 0.25) is 0 Å². The minimum absolute atomic E-state index is 0.0507. The van der Waals surface area contributed by atoms with Gasteiger partial charge in [0.15, 0.2) is 22.7 Å². The minimum atomic E-state index is -0.739. The average Bonchev–Trinajstić information content (AvgIpc) is 3.26. The number of nitrogens with two attached hydrogens (primary N) is 1. The molecule has 0 aliphatic carbocycles.